The van der Waals surface area contributed by atoms with E-state index in [1.165, 1.54) is 0 Å². The Morgan fingerprint density at radius 3 is 1.38 bits per heavy atom. The lowest BCUT2D eigenvalue weighted by molar-refractivity contribution is -0.517. The molecule has 24 heavy (non-hydrogen) atoms. The van der Waals surface area contributed by atoms with Crippen molar-refractivity contribution in [1.82, 2.24) is 0 Å². The molecule has 142 valence electrons. The standard InChI is InChI=1S/C10H6F11IO2/c1-2-3(22)4(23)24-10(21)8(17,18)6(13,14)5(11,12)7(15,16)9(10,19)20/h3H,2H2,1H3. The van der Waals surface area contributed by atoms with Gasteiger partial charge in [-0.15, -0.1) is 0 Å². The SMILES string of the molecule is CCC(I)C(=O)OC1(F)C(F)(F)C(F)(F)C(F)(F)C(F)(F)C1(F)F. The molecule has 0 spiro atoms. The van der Waals surface area contributed by atoms with Gasteiger partial charge in [0.05, 0.1) is 0 Å². The van der Waals surface area contributed by atoms with Crippen LogP contribution in [0, 0.1) is 0 Å². The fourth-order valence-corrected chi connectivity index (χ4v) is 1.82. The van der Waals surface area contributed by atoms with Crippen molar-refractivity contribution in [3.63, 3.8) is 0 Å². The lowest BCUT2D eigenvalue weighted by Crippen LogP contribution is -2.84. The van der Waals surface area contributed by atoms with Crippen LogP contribution in [0.5, 0.6) is 0 Å². The zero-order valence-corrected chi connectivity index (χ0v) is 13.3. The third kappa shape index (κ3) is 2.15. The predicted molar refractivity (Wildman–Crippen MR) is 62.8 cm³/mol. The molecule has 0 N–H and O–H groups in total. The fraction of sp³-hybridized carbons (Fsp3) is 0.900. The number of carbonyl (C=O) groups is 1. The molecule has 1 aliphatic rings. The summed E-state index contributed by atoms with van der Waals surface area (Å²) >= 11 is 1.03. The molecule has 1 rings (SSSR count). The third-order valence-corrected chi connectivity index (χ3v) is 4.63. The van der Waals surface area contributed by atoms with Crippen LogP contribution in [0.15, 0.2) is 0 Å². The Balaban J connectivity index is 3.66. The smallest absolute Gasteiger partial charge is 0.391 e. The Bertz CT molecular complexity index is 503. The first-order valence-electron chi connectivity index (χ1n) is 5.81. The van der Waals surface area contributed by atoms with Crippen molar-refractivity contribution in [1.29, 1.82) is 0 Å². The van der Waals surface area contributed by atoms with Crippen molar-refractivity contribution in [3.05, 3.63) is 0 Å². The molecule has 0 radical (unpaired) electrons. The van der Waals surface area contributed by atoms with Crippen molar-refractivity contribution in [2.75, 3.05) is 0 Å². The van der Waals surface area contributed by atoms with E-state index in [-0.39, 0.29) is 6.42 Å². The maximum atomic E-state index is 14.0. The third-order valence-electron chi connectivity index (χ3n) is 3.24. The highest BCUT2D eigenvalue weighted by Gasteiger charge is 3.03. The molecular weight excluding hydrogens is 488 g/mol. The van der Waals surface area contributed by atoms with E-state index < -0.39 is 45.4 Å². The summed E-state index contributed by atoms with van der Waals surface area (Å²) in [6.07, 6.45) is -0.379. The van der Waals surface area contributed by atoms with Crippen molar-refractivity contribution in [2.24, 2.45) is 0 Å². The minimum absolute atomic E-state index is 0.379. The van der Waals surface area contributed by atoms with Crippen LogP contribution >= 0.6 is 22.6 Å². The Morgan fingerprint density at radius 2 is 1.08 bits per heavy atom. The average Bonchev–Trinajstić information content (AvgIpc) is 2.43. The summed E-state index contributed by atoms with van der Waals surface area (Å²) in [4.78, 5) is 11.2. The molecule has 0 aromatic rings. The Kier molecular flexibility index (Phi) is 4.89. The Labute approximate surface area is 139 Å². The lowest BCUT2D eigenvalue weighted by Gasteiger charge is -2.51. The predicted octanol–water partition coefficient (Wildman–Crippen LogP) is 4.60. The largest absolute Gasteiger partial charge is 0.416 e. The zero-order chi connectivity index (χ0) is 19.6. The summed E-state index contributed by atoms with van der Waals surface area (Å²) in [6, 6.07) is 0. The summed E-state index contributed by atoms with van der Waals surface area (Å²) in [5.74, 6) is -45.2. The number of hydrogen-bond donors (Lipinski definition) is 0. The molecule has 0 saturated heterocycles. The van der Waals surface area contributed by atoms with E-state index >= 15 is 0 Å². The number of hydrogen-bond acceptors (Lipinski definition) is 2. The summed E-state index contributed by atoms with van der Waals surface area (Å²) in [7, 11) is 0. The van der Waals surface area contributed by atoms with Crippen LogP contribution < -0.4 is 0 Å². The molecule has 0 aromatic carbocycles. The van der Waals surface area contributed by atoms with Gasteiger partial charge in [-0.1, -0.05) is 29.5 Å². The number of ether oxygens (including phenoxy) is 1. The second-order valence-corrected chi connectivity index (χ2v) is 6.27. The molecule has 1 fully saturated rings. The molecule has 1 atom stereocenters. The Hall–Kier alpha value is -0.570. The van der Waals surface area contributed by atoms with Crippen LogP contribution in [0.1, 0.15) is 13.3 Å². The van der Waals surface area contributed by atoms with Gasteiger partial charge in [0, 0.05) is 0 Å². The highest BCUT2D eigenvalue weighted by Crippen LogP contribution is 2.69. The van der Waals surface area contributed by atoms with Crippen LogP contribution in [0.25, 0.3) is 0 Å². The van der Waals surface area contributed by atoms with Gasteiger partial charge in [-0.3, -0.25) is 4.79 Å². The van der Waals surface area contributed by atoms with Crippen LogP contribution in [-0.2, 0) is 9.53 Å². The van der Waals surface area contributed by atoms with E-state index in [1.54, 1.807) is 0 Å². The monoisotopic (exact) mass is 494 g/mol. The van der Waals surface area contributed by atoms with Gasteiger partial charge in [0.25, 0.3) is 0 Å². The molecule has 1 saturated carbocycles. The lowest BCUT2D eigenvalue weighted by atomic mass is 9.78. The maximum absolute atomic E-state index is 14.0. The van der Waals surface area contributed by atoms with Crippen LogP contribution in [0.4, 0.5) is 48.3 Å². The topological polar surface area (TPSA) is 26.3 Å². The molecule has 0 bridgehead atoms. The summed E-state index contributed by atoms with van der Waals surface area (Å²) in [5, 5.41) is 0. The normalized spacial score (nSPS) is 29.5. The molecule has 2 nitrogen and oxygen atoms in total. The van der Waals surface area contributed by atoms with Crippen LogP contribution in [0.2, 0.25) is 0 Å². The summed E-state index contributed by atoms with van der Waals surface area (Å²) < 4.78 is 147. The molecule has 0 heterocycles. The van der Waals surface area contributed by atoms with Crippen molar-refractivity contribution >= 4 is 28.6 Å². The first kappa shape index (κ1) is 21.5. The number of rotatable bonds is 3. The zero-order valence-electron chi connectivity index (χ0n) is 11.1. The van der Waals surface area contributed by atoms with E-state index in [4.69, 9.17) is 0 Å². The highest BCUT2D eigenvalue weighted by molar-refractivity contribution is 14.1. The molecule has 1 unspecified atom stereocenters. The van der Waals surface area contributed by atoms with Crippen LogP contribution in [0.3, 0.4) is 0 Å². The molecule has 0 aromatic heterocycles. The van der Waals surface area contributed by atoms with Gasteiger partial charge >= 0.3 is 41.4 Å². The Morgan fingerprint density at radius 1 is 0.792 bits per heavy atom. The molecule has 14 heteroatoms. The average molecular weight is 494 g/mol. The van der Waals surface area contributed by atoms with Crippen molar-refractivity contribution in [3.8, 4) is 0 Å². The van der Waals surface area contributed by atoms with Gasteiger partial charge in [0.2, 0.25) is 0 Å². The number of halogens is 12. The number of carbonyl (C=O) groups excluding carboxylic acids is 1. The molecule has 0 aliphatic heterocycles. The second-order valence-electron chi connectivity index (χ2n) is 4.76. The first-order valence-corrected chi connectivity index (χ1v) is 7.06. The van der Waals surface area contributed by atoms with Gasteiger partial charge in [0.15, 0.2) is 0 Å². The van der Waals surface area contributed by atoms with Crippen molar-refractivity contribution < 1.29 is 57.8 Å². The van der Waals surface area contributed by atoms with E-state index in [0.717, 1.165) is 29.5 Å². The van der Waals surface area contributed by atoms with Gasteiger partial charge in [-0.05, 0) is 6.42 Å². The number of alkyl halides is 12. The van der Waals surface area contributed by atoms with E-state index in [9.17, 15) is 53.1 Å². The fourth-order valence-electron chi connectivity index (χ4n) is 1.69. The highest BCUT2D eigenvalue weighted by atomic mass is 127. The summed E-state index contributed by atoms with van der Waals surface area (Å²) in [5.41, 5.74) is 0. The van der Waals surface area contributed by atoms with E-state index in [0.29, 0.717) is 0 Å². The van der Waals surface area contributed by atoms with Crippen molar-refractivity contribution in [2.45, 2.75) is 52.7 Å². The van der Waals surface area contributed by atoms with Crippen LogP contribution in [-0.4, -0.2) is 45.4 Å². The van der Waals surface area contributed by atoms with Gasteiger partial charge < -0.3 is 4.74 Å². The summed E-state index contributed by atoms with van der Waals surface area (Å²) in [6.45, 7) is 1.12. The van der Waals surface area contributed by atoms with E-state index in [1.807, 2.05) is 0 Å². The minimum Gasteiger partial charge on any atom is -0.416 e. The molecular formula is C10H6F11IO2. The molecule has 0 amide bonds. The van der Waals surface area contributed by atoms with Gasteiger partial charge in [-0.2, -0.15) is 48.3 Å². The number of esters is 1. The minimum atomic E-state index is -7.33. The van der Waals surface area contributed by atoms with E-state index in [2.05, 4.69) is 4.74 Å². The second kappa shape index (κ2) is 5.46. The molecule has 1 aliphatic carbocycles. The maximum Gasteiger partial charge on any atom is 0.391 e. The quantitative estimate of drug-likeness (QED) is 0.248. The van der Waals surface area contributed by atoms with Gasteiger partial charge in [-0.25, -0.2) is 0 Å². The van der Waals surface area contributed by atoms with Gasteiger partial charge in [0.1, 0.15) is 3.92 Å². The first-order chi connectivity index (χ1) is 10.4.